The van der Waals surface area contributed by atoms with Gasteiger partial charge in [-0.15, -0.1) is 0 Å². The monoisotopic (exact) mass is 159 g/mol. The van der Waals surface area contributed by atoms with Crippen LogP contribution in [-0.2, 0) is 0 Å². The lowest BCUT2D eigenvalue weighted by Crippen LogP contribution is -2.36. The van der Waals surface area contributed by atoms with E-state index in [1.807, 2.05) is 0 Å². The summed E-state index contributed by atoms with van der Waals surface area (Å²) >= 11 is 0. The third kappa shape index (κ3) is 5.22. The molecule has 0 unspecified atom stereocenters. The summed E-state index contributed by atoms with van der Waals surface area (Å²) < 4.78 is 0. The number of nitrogens with one attached hydrogen (secondary N) is 1. The lowest BCUT2D eigenvalue weighted by Gasteiger charge is -2.20. The Labute approximate surface area is 70.0 Å². The summed E-state index contributed by atoms with van der Waals surface area (Å²) in [6.45, 7) is 9.07. The van der Waals surface area contributed by atoms with Gasteiger partial charge in [0.15, 0.2) is 0 Å². The minimum Gasteiger partial charge on any atom is -0.392 e. The van der Waals surface area contributed by atoms with E-state index in [0.717, 1.165) is 0 Å². The zero-order chi connectivity index (χ0) is 8.85. The SMILES string of the molecule is CC[C@H](C)[C@@H](C)NC[C@H](C)O. The van der Waals surface area contributed by atoms with Crippen molar-refractivity contribution in [1.29, 1.82) is 0 Å². The van der Waals surface area contributed by atoms with Gasteiger partial charge >= 0.3 is 0 Å². The molecule has 0 saturated heterocycles. The second-order valence-electron chi connectivity index (χ2n) is 3.43. The van der Waals surface area contributed by atoms with Gasteiger partial charge in [-0.25, -0.2) is 0 Å². The highest BCUT2D eigenvalue weighted by Crippen LogP contribution is 2.05. The molecule has 0 aromatic rings. The molecule has 0 aliphatic rings. The molecule has 0 radical (unpaired) electrons. The normalized spacial score (nSPS) is 19.4. The van der Waals surface area contributed by atoms with Gasteiger partial charge in [0.1, 0.15) is 0 Å². The molecule has 2 heteroatoms. The Balaban J connectivity index is 3.43. The van der Waals surface area contributed by atoms with Crippen LogP contribution in [0.15, 0.2) is 0 Å². The van der Waals surface area contributed by atoms with E-state index in [0.29, 0.717) is 18.5 Å². The van der Waals surface area contributed by atoms with Crippen molar-refractivity contribution in [3.05, 3.63) is 0 Å². The molecule has 68 valence electrons. The van der Waals surface area contributed by atoms with Crippen LogP contribution in [0.3, 0.4) is 0 Å². The molecule has 0 amide bonds. The van der Waals surface area contributed by atoms with Crippen LogP contribution in [0.1, 0.15) is 34.1 Å². The third-order valence-corrected chi connectivity index (χ3v) is 2.23. The van der Waals surface area contributed by atoms with Crippen molar-refractivity contribution in [3.8, 4) is 0 Å². The minimum atomic E-state index is -0.235. The molecule has 0 fully saturated rings. The highest BCUT2D eigenvalue weighted by molar-refractivity contribution is 4.67. The zero-order valence-electron chi connectivity index (χ0n) is 8.09. The molecule has 2 nitrogen and oxygen atoms in total. The molecule has 0 aliphatic carbocycles. The van der Waals surface area contributed by atoms with Crippen LogP contribution in [-0.4, -0.2) is 23.8 Å². The van der Waals surface area contributed by atoms with E-state index in [1.165, 1.54) is 6.42 Å². The minimum absolute atomic E-state index is 0.235. The molecule has 0 saturated carbocycles. The molecular weight excluding hydrogens is 138 g/mol. The number of aliphatic hydroxyl groups is 1. The maximum Gasteiger partial charge on any atom is 0.0636 e. The van der Waals surface area contributed by atoms with Gasteiger partial charge in [-0.3, -0.25) is 0 Å². The van der Waals surface area contributed by atoms with Gasteiger partial charge in [-0.2, -0.15) is 0 Å². The smallest absolute Gasteiger partial charge is 0.0636 e. The molecule has 11 heavy (non-hydrogen) atoms. The van der Waals surface area contributed by atoms with Crippen LogP contribution in [0.5, 0.6) is 0 Å². The average Bonchev–Trinajstić information content (AvgIpc) is 1.98. The molecule has 0 aromatic carbocycles. The van der Waals surface area contributed by atoms with E-state index in [1.54, 1.807) is 6.92 Å². The van der Waals surface area contributed by atoms with E-state index < -0.39 is 0 Å². The average molecular weight is 159 g/mol. The maximum absolute atomic E-state index is 8.99. The summed E-state index contributed by atoms with van der Waals surface area (Å²) in [5, 5.41) is 12.3. The lowest BCUT2D eigenvalue weighted by atomic mass is 10.0. The van der Waals surface area contributed by atoms with Crippen LogP contribution in [0.4, 0.5) is 0 Å². The standard InChI is InChI=1S/C9H21NO/c1-5-7(2)9(4)10-6-8(3)11/h7-11H,5-6H2,1-4H3/t7-,8-,9+/m0/s1. The van der Waals surface area contributed by atoms with Crippen LogP contribution in [0.25, 0.3) is 0 Å². The Hall–Kier alpha value is -0.0800. The van der Waals surface area contributed by atoms with Crippen molar-refractivity contribution in [3.63, 3.8) is 0 Å². The molecule has 0 heterocycles. The Kier molecular flexibility index (Phi) is 5.51. The van der Waals surface area contributed by atoms with Gasteiger partial charge in [0.25, 0.3) is 0 Å². The molecule has 0 rings (SSSR count). The first kappa shape index (κ1) is 10.9. The van der Waals surface area contributed by atoms with Crippen molar-refractivity contribution >= 4 is 0 Å². The fraction of sp³-hybridized carbons (Fsp3) is 1.00. The zero-order valence-corrected chi connectivity index (χ0v) is 8.09. The van der Waals surface area contributed by atoms with Crippen molar-refractivity contribution in [2.45, 2.75) is 46.3 Å². The van der Waals surface area contributed by atoms with Gasteiger partial charge in [0.2, 0.25) is 0 Å². The van der Waals surface area contributed by atoms with Gasteiger partial charge in [0, 0.05) is 12.6 Å². The first-order valence-corrected chi connectivity index (χ1v) is 4.49. The number of hydrogen-bond acceptors (Lipinski definition) is 2. The van der Waals surface area contributed by atoms with E-state index in [2.05, 4.69) is 26.1 Å². The predicted molar refractivity (Wildman–Crippen MR) is 48.6 cm³/mol. The molecule has 0 aliphatic heterocycles. The van der Waals surface area contributed by atoms with E-state index in [-0.39, 0.29) is 6.10 Å². The number of rotatable bonds is 5. The summed E-state index contributed by atoms with van der Waals surface area (Å²) in [5.41, 5.74) is 0. The van der Waals surface area contributed by atoms with Crippen LogP contribution < -0.4 is 5.32 Å². The topological polar surface area (TPSA) is 32.3 Å². The fourth-order valence-electron chi connectivity index (χ4n) is 0.911. The fourth-order valence-corrected chi connectivity index (χ4v) is 0.911. The van der Waals surface area contributed by atoms with Crippen molar-refractivity contribution in [2.75, 3.05) is 6.54 Å². The van der Waals surface area contributed by atoms with Gasteiger partial charge in [0.05, 0.1) is 6.10 Å². The predicted octanol–water partition coefficient (Wildman–Crippen LogP) is 1.39. The molecule has 0 spiro atoms. The Bertz CT molecular complexity index is 93.6. The summed E-state index contributed by atoms with van der Waals surface area (Å²) in [5.74, 6) is 0.689. The molecule has 3 atom stereocenters. The van der Waals surface area contributed by atoms with Crippen molar-refractivity contribution in [2.24, 2.45) is 5.92 Å². The Morgan fingerprint density at radius 1 is 1.27 bits per heavy atom. The summed E-state index contributed by atoms with van der Waals surface area (Å²) in [6, 6.07) is 0.509. The molecular formula is C9H21NO. The molecule has 0 bridgehead atoms. The van der Waals surface area contributed by atoms with Crippen LogP contribution in [0, 0.1) is 5.92 Å². The lowest BCUT2D eigenvalue weighted by molar-refractivity contribution is 0.182. The Morgan fingerprint density at radius 2 is 1.82 bits per heavy atom. The summed E-state index contributed by atoms with van der Waals surface area (Å²) in [7, 11) is 0. The van der Waals surface area contributed by atoms with E-state index in [4.69, 9.17) is 5.11 Å². The van der Waals surface area contributed by atoms with Gasteiger partial charge in [-0.05, 0) is 19.8 Å². The van der Waals surface area contributed by atoms with E-state index in [9.17, 15) is 0 Å². The molecule has 2 N–H and O–H groups in total. The quantitative estimate of drug-likeness (QED) is 0.635. The van der Waals surface area contributed by atoms with E-state index >= 15 is 0 Å². The summed E-state index contributed by atoms with van der Waals surface area (Å²) in [4.78, 5) is 0. The highest BCUT2D eigenvalue weighted by Gasteiger charge is 2.09. The molecule has 0 aromatic heterocycles. The maximum atomic E-state index is 8.99. The second kappa shape index (κ2) is 5.56. The largest absolute Gasteiger partial charge is 0.392 e. The Morgan fingerprint density at radius 3 is 2.18 bits per heavy atom. The van der Waals surface area contributed by atoms with Crippen molar-refractivity contribution < 1.29 is 5.11 Å². The van der Waals surface area contributed by atoms with Gasteiger partial charge < -0.3 is 10.4 Å². The highest BCUT2D eigenvalue weighted by atomic mass is 16.3. The van der Waals surface area contributed by atoms with Crippen LogP contribution in [0.2, 0.25) is 0 Å². The van der Waals surface area contributed by atoms with Gasteiger partial charge in [-0.1, -0.05) is 20.3 Å². The number of aliphatic hydroxyl groups excluding tert-OH is 1. The van der Waals surface area contributed by atoms with Crippen molar-refractivity contribution in [1.82, 2.24) is 5.32 Å². The summed E-state index contributed by atoms with van der Waals surface area (Å²) in [6.07, 6.45) is 0.954. The second-order valence-corrected chi connectivity index (χ2v) is 3.43. The number of hydrogen-bond donors (Lipinski definition) is 2. The van der Waals surface area contributed by atoms with Crippen LogP contribution >= 0.6 is 0 Å². The third-order valence-electron chi connectivity index (χ3n) is 2.23. The first-order valence-electron chi connectivity index (χ1n) is 4.49. The first-order chi connectivity index (χ1) is 5.07.